The number of carbonyl (C=O) groups is 3. The zero-order valence-corrected chi connectivity index (χ0v) is 16.4. The van der Waals surface area contributed by atoms with E-state index in [1.165, 1.54) is 19.1 Å². The van der Waals surface area contributed by atoms with Crippen molar-refractivity contribution >= 4 is 40.6 Å². The highest BCUT2D eigenvalue weighted by molar-refractivity contribution is 8.18. The van der Waals surface area contributed by atoms with Gasteiger partial charge < -0.3 is 9.30 Å². The van der Waals surface area contributed by atoms with Crippen LogP contribution in [0.1, 0.15) is 19.5 Å². The predicted molar refractivity (Wildman–Crippen MR) is 106 cm³/mol. The maximum atomic E-state index is 12.7. The molecule has 0 radical (unpaired) electrons. The predicted octanol–water partition coefficient (Wildman–Crippen LogP) is 3.37. The lowest BCUT2D eigenvalue weighted by Crippen LogP contribution is -2.42. The van der Waals surface area contributed by atoms with Gasteiger partial charge in [-0.05, 0) is 56.0 Å². The number of amides is 2. The van der Waals surface area contributed by atoms with Crippen LogP contribution >= 0.6 is 11.8 Å². The molecule has 1 aliphatic rings. The molecule has 2 amide bonds. The van der Waals surface area contributed by atoms with Crippen molar-refractivity contribution in [3.8, 4) is 5.69 Å². The van der Waals surface area contributed by atoms with E-state index in [1.54, 1.807) is 48.0 Å². The Bertz CT molecular complexity index is 1010. The summed E-state index contributed by atoms with van der Waals surface area (Å²) in [5, 5.41) is 10.3. The van der Waals surface area contributed by atoms with Crippen LogP contribution in [-0.4, -0.2) is 44.2 Å². The molecule has 2 aromatic rings. The van der Waals surface area contributed by atoms with Crippen molar-refractivity contribution in [2.45, 2.75) is 19.9 Å². The summed E-state index contributed by atoms with van der Waals surface area (Å²) in [7, 11) is 0. The third kappa shape index (κ3) is 4.06. The number of hydrogen-bond donors (Lipinski definition) is 0. The molecule has 1 fully saturated rings. The molecule has 3 rings (SSSR count). The fourth-order valence-corrected chi connectivity index (χ4v) is 3.69. The molecule has 10 heteroatoms. The molecule has 9 nitrogen and oxygen atoms in total. The standard InChI is InChI=1S/C19H17N3O6S/c1-3-28-18(24)12(2)21-17(23)16(29-19(21)25)11-15-5-4-10-20(15)13-6-8-14(9-7-13)22(26)27/h4-12H,3H2,1-2H3/b16-11+/t12-/m0/s1. The highest BCUT2D eigenvalue weighted by atomic mass is 32.2. The number of carbonyl (C=O) groups excluding carboxylic acids is 3. The van der Waals surface area contributed by atoms with Gasteiger partial charge in [-0.15, -0.1) is 0 Å². The van der Waals surface area contributed by atoms with E-state index in [0.717, 1.165) is 16.7 Å². The summed E-state index contributed by atoms with van der Waals surface area (Å²) in [5.74, 6) is -1.22. The van der Waals surface area contributed by atoms with E-state index in [9.17, 15) is 24.5 Å². The van der Waals surface area contributed by atoms with E-state index in [-0.39, 0.29) is 17.2 Å². The lowest BCUT2D eigenvalue weighted by Gasteiger charge is -2.19. The monoisotopic (exact) mass is 415 g/mol. The molecule has 0 N–H and O–H groups in total. The lowest BCUT2D eigenvalue weighted by atomic mass is 10.2. The van der Waals surface area contributed by atoms with Gasteiger partial charge in [-0.2, -0.15) is 0 Å². The zero-order chi connectivity index (χ0) is 21.1. The summed E-state index contributed by atoms with van der Waals surface area (Å²) in [6.07, 6.45) is 3.28. The van der Waals surface area contributed by atoms with Crippen molar-refractivity contribution < 1.29 is 24.0 Å². The third-order valence-corrected chi connectivity index (χ3v) is 5.12. The molecule has 1 atom stereocenters. The Morgan fingerprint density at radius 1 is 1.28 bits per heavy atom. The molecular formula is C19H17N3O6S. The lowest BCUT2D eigenvalue weighted by molar-refractivity contribution is -0.384. The molecular weight excluding hydrogens is 398 g/mol. The van der Waals surface area contributed by atoms with Gasteiger partial charge in [0.05, 0.1) is 16.4 Å². The SMILES string of the molecule is CCOC(=O)[C@H](C)N1C(=O)S/C(=C/c2cccn2-c2ccc([N+](=O)[O-])cc2)C1=O. The number of nitrogens with zero attached hydrogens (tertiary/aromatic N) is 3. The highest BCUT2D eigenvalue weighted by Crippen LogP contribution is 2.34. The van der Waals surface area contributed by atoms with Crippen molar-refractivity contribution in [1.29, 1.82) is 0 Å². The summed E-state index contributed by atoms with van der Waals surface area (Å²) < 4.78 is 6.62. The molecule has 0 saturated carbocycles. The summed E-state index contributed by atoms with van der Waals surface area (Å²) in [6, 6.07) is 8.41. The second-order valence-electron chi connectivity index (χ2n) is 6.06. The van der Waals surface area contributed by atoms with E-state index in [4.69, 9.17) is 4.74 Å². The van der Waals surface area contributed by atoms with Gasteiger partial charge in [0.15, 0.2) is 0 Å². The van der Waals surface area contributed by atoms with Crippen molar-refractivity contribution in [1.82, 2.24) is 9.47 Å². The molecule has 2 heterocycles. The van der Waals surface area contributed by atoms with Crippen molar-refractivity contribution in [3.63, 3.8) is 0 Å². The van der Waals surface area contributed by atoms with Crippen LogP contribution < -0.4 is 0 Å². The summed E-state index contributed by atoms with van der Waals surface area (Å²) in [6.45, 7) is 3.24. The minimum absolute atomic E-state index is 0.0310. The van der Waals surface area contributed by atoms with Crippen LogP contribution in [0.5, 0.6) is 0 Å². The number of esters is 1. The van der Waals surface area contributed by atoms with Crippen LogP contribution in [0.4, 0.5) is 10.5 Å². The highest BCUT2D eigenvalue weighted by Gasteiger charge is 2.41. The third-order valence-electron chi connectivity index (χ3n) is 4.24. The molecule has 0 aliphatic carbocycles. The van der Waals surface area contributed by atoms with E-state index in [2.05, 4.69) is 0 Å². The van der Waals surface area contributed by atoms with E-state index in [0.29, 0.717) is 11.4 Å². The minimum Gasteiger partial charge on any atom is -0.464 e. The topological polar surface area (TPSA) is 112 Å². The largest absolute Gasteiger partial charge is 0.464 e. The van der Waals surface area contributed by atoms with Gasteiger partial charge in [0.2, 0.25) is 0 Å². The first-order valence-corrected chi connectivity index (χ1v) is 9.51. The molecule has 1 saturated heterocycles. The van der Waals surface area contributed by atoms with E-state index >= 15 is 0 Å². The van der Waals surface area contributed by atoms with Gasteiger partial charge in [0.25, 0.3) is 16.8 Å². The first-order valence-electron chi connectivity index (χ1n) is 8.69. The first-order chi connectivity index (χ1) is 13.8. The summed E-state index contributed by atoms with van der Waals surface area (Å²) >= 11 is 0.742. The smallest absolute Gasteiger partial charge is 0.329 e. The maximum Gasteiger partial charge on any atom is 0.329 e. The summed E-state index contributed by atoms with van der Waals surface area (Å²) in [4.78, 5) is 48.3. The van der Waals surface area contributed by atoms with Gasteiger partial charge in [0, 0.05) is 29.7 Å². The van der Waals surface area contributed by atoms with Gasteiger partial charge in [0.1, 0.15) is 6.04 Å². The first kappa shape index (κ1) is 20.3. The Morgan fingerprint density at radius 3 is 2.59 bits per heavy atom. The number of benzene rings is 1. The summed E-state index contributed by atoms with van der Waals surface area (Å²) in [5.41, 5.74) is 1.23. The van der Waals surface area contributed by atoms with Gasteiger partial charge >= 0.3 is 5.97 Å². The minimum atomic E-state index is -1.02. The Hall–Kier alpha value is -3.40. The van der Waals surface area contributed by atoms with Crippen LogP contribution in [0.3, 0.4) is 0 Å². The number of non-ortho nitro benzene ring substituents is 1. The Morgan fingerprint density at radius 2 is 1.97 bits per heavy atom. The molecule has 0 unspecified atom stereocenters. The van der Waals surface area contributed by atoms with Crippen LogP contribution in [0.15, 0.2) is 47.5 Å². The van der Waals surface area contributed by atoms with E-state index in [1.807, 2.05) is 0 Å². The zero-order valence-electron chi connectivity index (χ0n) is 15.6. The number of aromatic nitrogens is 1. The average molecular weight is 415 g/mol. The molecule has 1 aliphatic heterocycles. The van der Waals surface area contributed by atoms with Crippen molar-refractivity contribution in [2.75, 3.05) is 6.61 Å². The van der Waals surface area contributed by atoms with Crippen molar-refractivity contribution in [3.05, 3.63) is 63.3 Å². The number of imide groups is 1. The van der Waals surface area contributed by atoms with Gasteiger partial charge in [-0.25, -0.2) is 4.79 Å². The quantitative estimate of drug-likeness (QED) is 0.308. The van der Waals surface area contributed by atoms with Crippen LogP contribution in [0.25, 0.3) is 11.8 Å². The number of nitro groups is 1. The number of thioether (sulfide) groups is 1. The number of rotatable bonds is 6. The number of hydrogen-bond acceptors (Lipinski definition) is 7. The fourth-order valence-electron chi connectivity index (χ4n) is 2.80. The molecule has 0 spiro atoms. The van der Waals surface area contributed by atoms with Gasteiger partial charge in [-0.1, -0.05) is 0 Å². The van der Waals surface area contributed by atoms with Crippen LogP contribution in [-0.2, 0) is 14.3 Å². The molecule has 150 valence electrons. The molecule has 0 bridgehead atoms. The second kappa shape index (κ2) is 8.31. The maximum absolute atomic E-state index is 12.7. The molecule has 1 aromatic heterocycles. The van der Waals surface area contributed by atoms with E-state index < -0.39 is 28.1 Å². The number of nitro benzene ring substituents is 1. The normalized spacial score (nSPS) is 16.3. The average Bonchev–Trinajstić information content (AvgIpc) is 3.26. The molecule has 1 aromatic carbocycles. The van der Waals surface area contributed by atoms with Crippen LogP contribution in [0.2, 0.25) is 0 Å². The van der Waals surface area contributed by atoms with Crippen LogP contribution in [0, 0.1) is 10.1 Å². The Labute approximate surface area is 170 Å². The second-order valence-corrected chi connectivity index (χ2v) is 7.05. The Balaban J connectivity index is 1.87. The fraction of sp³-hybridized carbons (Fsp3) is 0.211. The Kier molecular flexibility index (Phi) is 5.83. The van der Waals surface area contributed by atoms with Gasteiger partial charge in [-0.3, -0.25) is 24.6 Å². The number of ether oxygens (including phenoxy) is 1. The molecule has 29 heavy (non-hydrogen) atoms. The van der Waals surface area contributed by atoms with Crippen molar-refractivity contribution in [2.24, 2.45) is 0 Å².